The van der Waals surface area contributed by atoms with Crippen LogP contribution in [0.3, 0.4) is 0 Å². The van der Waals surface area contributed by atoms with Gasteiger partial charge in [0.2, 0.25) is 0 Å². The van der Waals surface area contributed by atoms with Crippen LogP contribution < -0.4 is 10.2 Å². The highest BCUT2D eigenvalue weighted by molar-refractivity contribution is 6.59. The molecule has 1 aromatic carbocycles. The van der Waals surface area contributed by atoms with Crippen molar-refractivity contribution in [3.63, 3.8) is 0 Å². The van der Waals surface area contributed by atoms with E-state index in [1.165, 1.54) is 0 Å². The van der Waals surface area contributed by atoms with Gasteiger partial charge in [-0.3, -0.25) is 0 Å². The van der Waals surface area contributed by atoms with Gasteiger partial charge in [0.25, 0.3) is 0 Å². The van der Waals surface area contributed by atoms with Crippen LogP contribution in [-0.4, -0.2) is 23.8 Å². The van der Waals surface area contributed by atoms with Crippen LogP contribution in [0.4, 0.5) is 0 Å². The molecule has 14 heavy (non-hydrogen) atoms. The Morgan fingerprint density at radius 3 is 2.50 bits per heavy atom. The summed E-state index contributed by atoms with van der Waals surface area (Å²) in [6.07, 6.45) is 0.777. The summed E-state index contributed by atoms with van der Waals surface area (Å²) in [4.78, 5) is 0. The van der Waals surface area contributed by atoms with Gasteiger partial charge in [0, 0.05) is 0 Å². The molecule has 0 fully saturated rings. The van der Waals surface area contributed by atoms with Crippen molar-refractivity contribution in [1.82, 2.24) is 0 Å². The van der Waals surface area contributed by atoms with Gasteiger partial charge in [-0.2, -0.15) is 0 Å². The lowest BCUT2D eigenvalue weighted by Crippen LogP contribution is -2.32. The smallest absolute Gasteiger partial charge is 0.488 e. The van der Waals surface area contributed by atoms with Crippen molar-refractivity contribution in [3.8, 4) is 5.75 Å². The van der Waals surface area contributed by atoms with Crippen LogP contribution in [-0.2, 0) is 6.42 Å². The van der Waals surface area contributed by atoms with E-state index in [0.29, 0.717) is 17.8 Å². The molecule has 0 saturated carbocycles. The van der Waals surface area contributed by atoms with E-state index in [-0.39, 0.29) is 0 Å². The van der Waals surface area contributed by atoms with Crippen LogP contribution >= 0.6 is 0 Å². The van der Waals surface area contributed by atoms with E-state index in [1.54, 1.807) is 6.07 Å². The van der Waals surface area contributed by atoms with Crippen molar-refractivity contribution in [2.24, 2.45) is 0 Å². The molecular weight excluding hydrogens is 179 g/mol. The molecule has 2 N–H and O–H groups in total. The maximum Gasteiger partial charge on any atom is 0.488 e. The maximum atomic E-state index is 9.13. The maximum absolute atomic E-state index is 9.13. The van der Waals surface area contributed by atoms with Crippen LogP contribution in [0.2, 0.25) is 0 Å². The van der Waals surface area contributed by atoms with Crippen molar-refractivity contribution < 1.29 is 14.8 Å². The Morgan fingerprint density at radius 1 is 1.29 bits per heavy atom. The lowest BCUT2D eigenvalue weighted by atomic mass is 9.76. The molecule has 0 aliphatic rings. The van der Waals surface area contributed by atoms with Crippen LogP contribution in [0, 0.1) is 0 Å². The zero-order chi connectivity index (χ0) is 10.6. The fourth-order valence-corrected chi connectivity index (χ4v) is 1.39. The minimum atomic E-state index is -1.43. The molecular formula is C10H15BO3. The van der Waals surface area contributed by atoms with Crippen molar-refractivity contribution in [2.45, 2.75) is 20.3 Å². The third-order valence-corrected chi connectivity index (χ3v) is 2.09. The molecule has 1 aromatic rings. The Balaban J connectivity index is 3.01. The Labute approximate surface area is 84.5 Å². The number of rotatable bonds is 4. The number of aryl methyl sites for hydroxylation is 1. The zero-order valence-electron chi connectivity index (χ0n) is 8.53. The van der Waals surface area contributed by atoms with E-state index >= 15 is 0 Å². The number of ether oxygens (including phenoxy) is 1. The highest BCUT2D eigenvalue weighted by atomic mass is 16.5. The second-order valence-electron chi connectivity index (χ2n) is 3.02. The molecule has 0 radical (unpaired) electrons. The van der Waals surface area contributed by atoms with Gasteiger partial charge in [-0.15, -0.1) is 0 Å². The molecule has 3 nitrogen and oxygen atoms in total. The highest BCUT2D eigenvalue weighted by Gasteiger charge is 2.15. The molecule has 0 bridgehead atoms. The lowest BCUT2D eigenvalue weighted by Gasteiger charge is -2.09. The summed E-state index contributed by atoms with van der Waals surface area (Å²) in [5.41, 5.74) is 1.46. The molecule has 0 amide bonds. The summed E-state index contributed by atoms with van der Waals surface area (Å²) in [5, 5.41) is 18.3. The summed E-state index contributed by atoms with van der Waals surface area (Å²) in [7, 11) is -1.43. The Kier molecular flexibility index (Phi) is 3.98. The molecule has 0 aromatic heterocycles. The predicted molar refractivity (Wildman–Crippen MR) is 56.8 cm³/mol. The van der Waals surface area contributed by atoms with Crippen LogP contribution in [0.15, 0.2) is 18.2 Å². The first-order valence-electron chi connectivity index (χ1n) is 4.80. The fourth-order valence-electron chi connectivity index (χ4n) is 1.39. The highest BCUT2D eigenvalue weighted by Crippen LogP contribution is 2.11. The molecule has 0 heterocycles. The van der Waals surface area contributed by atoms with E-state index in [4.69, 9.17) is 14.8 Å². The average molecular weight is 194 g/mol. The van der Waals surface area contributed by atoms with Crippen LogP contribution in [0.25, 0.3) is 0 Å². The quantitative estimate of drug-likeness (QED) is 0.679. The van der Waals surface area contributed by atoms with Gasteiger partial charge in [-0.25, -0.2) is 0 Å². The van der Waals surface area contributed by atoms with Gasteiger partial charge < -0.3 is 14.8 Å². The van der Waals surface area contributed by atoms with Gasteiger partial charge in [-0.05, 0) is 36.5 Å². The predicted octanol–water partition coefficient (Wildman–Crippen LogP) is 0.327. The lowest BCUT2D eigenvalue weighted by molar-refractivity contribution is 0.340. The Morgan fingerprint density at radius 2 is 2.00 bits per heavy atom. The first-order chi connectivity index (χ1) is 6.69. The molecule has 4 heteroatoms. The molecule has 0 unspecified atom stereocenters. The molecule has 1 rings (SSSR count). The SMILES string of the molecule is CCOc1ccc(CC)c(B(O)O)c1. The Hall–Kier alpha value is -0.995. The topological polar surface area (TPSA) is 49.7 Å². The summed E-state index contributed by atoms with van der Waals surface area (Å²) in [6.45, 7) is 4.44. The monoisotopic (exact) mass is 194 g/mol. The molecule has 0 atom stereocenters. The molecule has 0 saturated heterocycles. The number of benzene rings is 1. The van der Waals surface area contributed by atoms with Crippen LogP contribution in [0.5, 0.6) is 5.75 Å². The largest absolute Gasteiger partial charge is 0.494 e. The Bertz CT molecular complexity index is 299. The summed E-state index contributed by atoms with van der Waals surface area (Å²) in [6, 6.07) is 5.38. The average Bonchev–Trinajstić information content (AvgIpc) is 2.18. The van der Waals surface area contributed by atoms with E-state index < -0.39 is 7.12 Å². The second-order valence-corrected chi connectivity index (χ2v) is 3.02. The molecule has 0 aliphatic carbocycles. The van der Waals surface area contributed by atoms with Gasteiger partial charge in [0.1, 0.15) is 5.75 Å². The van der Waals surface area contributed by atoms with Crippen molar-refractivity contribution in [1.29, 1.82) is 0 Å². The van der Waals surface area contributed by atoms with E-state index in [0.717, 1.165) is 12.0 Å². The molecule has 0 spiro atoms. The minimum Gasteiger partial charge on any atom is -0.494 e. The van der Waals surface area contributed by atoms with Gasteiger partial charge in [0.05, 0.1) is 6.61 Å². The molecule has 0 aliphatic heterocycles. The molecule has 76 valence electrons. The standard InChI is InChI=1S/C10H15BO3/c1-3-8-5-6-9(14-4-2)7-10(8)11(12)13/h5-7,12-13H,3-4H2,1-2H3. The van der Waals surface area contributed by atoms with E-state index in [9.17, 15) is 0 Å². The first-order valence-corrected chi connectivity index (χ1v) is 4.80. The zero-order valence-corrected chi connectivity index (χ0v) is 8.53. The van der Waals surface area contributed by atoms with Crippen molar-refractivity contribution in [3.05, 3.63) is 23.8 Å². The third kappa shape index (κ3) is 2.50. The second kappa shape index (κ2) is 5.03. The fraction of sp³-hybridized carbons (Fsp3) is 0.400. The number of hydrogen-bond acceptors (Lipinski definition) is 3. The van der Waals surface area contributed by atoms with Gasteiger partial charge in [-0.1, -0.05) is 13.0 Å². The summed E-state index contributed by atoms with van der Waals surface area (Å²) < 4.78 is 5.27. The minimum absolute atomic E-state index is 0.526. The van der Waals surface area contributed by atoms with Gasteiger partial charge in [0.15, 0.2) is 0 Å². The van der Waals surface area contributed by atoms with Gasteiger partial charge >= 0.3 is 7.12 Å². The van der Waals surface area contributed by atoms with E-state index in [1.807, 2.05) is 26.0 Å². The number of hydrogen-bond donors (Lipinski definition) is 2. The van der Waals surface area contributed by atoms with Crippen LogP contribution in [0.1, 0.15) is 19.4 Å². The van der Waals surface area contributed by atoms with E-state index in [2.05, 4.69) is 0 Å². The first kappa shape index (κ1) is 11.1. The van der Waals surface area contributed by atoms with Crippen molar-refractivity contribution in [2.75, 3.05) is 6.61 Å². The summed E-state index contributed by atoms with van der Waals surface area (Å²) in [5.74, 6) is 0.674. The van der Waals surface area contributed by atoms with Crippen molar-refractivity contribution >= 4 is 12.6 Å². The summed E-state index contributed by atoms with van der Waals surface area (Å²) >= 11 is 0. The normalized spacial score (nSPS) is 10.0. The third-order valence-electron chi connectivity index (χ3n) is 2.09.